The molecule has 1 atom stereocenters. The van der Waals surface area contributed by atoms with E-state index in [1.807, 2.05) is 13.0 Å². The van der Waals surface area contributed by atoms with Crippen molar-refractivity contribution >= 4 is 12.1 Å². The number of benzene rings is 1. The van der Waals surface area contributed by atoms with Gasteiger partial charge in [0, 0.05) is 24.8 Å². The number of carbonyl (C=O) groups excluding carboxylic acids is 1. The maximum Gasteiger partial charge on any atom is 0.389 e. The lowest BCUT2D eigenvalue weighted by Gasteiger charge is -2.12. The molecule has 0 bridgehead atoms. The molecule has 1 N–H and O–H groups in total. The second-order valence-corrected chi connectivity index (χ2v) is 6.78. The van der Waals surface area contributed by atoms with E-state index in [0.29, 0.717) is 11.1 Å². The number of hydrogen-bond acceptors (Lipinski definition) is 2. The highest BCUT2D eigenvalue weighted by Gasteiger charge is 2.26. The van der Waals surface area contributed by atoms with Crippen LogP contribution in [0.2, 0.25) is 0 Å². The Labute approximate surface area is 169 Å². The van der Waals surface area contributed by atoms with Crippen LogP contribution in [-0.2, 0) is 17.6 Å². The summed E-state index contributed by atoms with van der Waals surface area (Å²) in [6, 6.07) is 5.04. The molecule has 0 radical (unpaired) electrons. The normalized spacial score (nSPS) is 14.0. The molecule has 0 aliphatic rings. The van der Waals surface area contributed by atoms with Gasteiger partial charge in [-0.05, 0) is 49.0 Å². The largest absolute Gasteiger partial charge is 0.389 e. The van der Waals surface area contributed by atoms with Crippen LogP contribution in [0, 0.1) is 11.7 Å². The summed E-state index contributed by atoms with van der Waals surface area (Å²) in [5, 5.41) is 2.67. The standard InChI is InChI=1S/C22H28F4N2O/c1-4-6-18(9-10-22(24,25)26)15-27-11-12-28-21(29)16(3)13-19-8-7-17(5-2)14-20(19)23/h4,6-8,11,14-16H,5,9-10,12-13H2,1-3H3,(H,28,29)/b6-4-,18-15+,27-11?/t16-/m0/s1. The summed E-state index contributed by atoms with van der Waals surface area (Å²) in [5.41, 5.74) is 1.84. The van der Waals surface area contributed by atoms with Crippen molar-refractivity contribution in [3.8, 4) is 0 Å². The van der Waals surface area contributed by atoms with Gasteiger partial charge in [0.15, 0.2) is 0 Å². The Bertz CT molecular complexity index is 752. The highest BCUT2D eigenvalue weighted by Crippen LogP contribution is 2.24. The molecule has 0 aromatic heterocycles. The summed E-state index contributed by atoms with van der Waals surface area (Å²) < 4.78 is 51.0. The number of allylic oxidation sites excluding steroid dienone is 3. The maximum atomic E-state index is 14.1. The Balaban J connectivity index is 2.52. The molecule has 160 valence electrons. The Morgan fingerprint density at radius 1 is 1.31 bits per heavy atom. The zero-order valence-electron chi connectivity index (χ0n) is 17.0. The number of amides is 1. The van der Waals surface area contributed by atoms with Crippen molar-refractivity contribution in [2.75, 3.05) is 6.54 Å². The predicted octanol–water partition coefficient (Wildman–Crippen LogP) is 5.56. The van der Waals surface area contributed by atoms with Gasteiger partial charge in [-0.15, -0.1) is 0 Å². The number of hydrogen-bond donors (Lipinski definition) is 1. The van der Waals surface area contributed by atoms with Crippen LogP contribution in [-0.4, -0.2) is 24.8 Å². The smallest absolute Gasteiger partial charge is 0.351 e. The van der Waals surface area contributed by atoms with Gasteiger partial charge in [0.2, 0.25) is 5.91 Å². The van der Waals surface area contributed by atoms with Crippen molar-refractivity contribution in [3.05, 3.63) is 59.1 Å². The third kappa shape index (κ3) is 10.1. The Kier molecular flexibility index (Phi) is 10.3. The van der Waals surface area contributed by atoms with E-state index in [-0.39, 0.29) is 31.1 Å². The molecule has 0 aliphatic carbocycles. The molecular formula is C22H28F4N2O. The fourth-order valence-corrected chi connectivity index (χ4v) is 2.61. The number of aliphatic imine (C=N–C) groups is 1. The second-order valence-electron chi connectivity index (χ2n) is 6.78. The summed E-state index contributed by atoms with van der Waals surface area (Å²) in [4.78, 5) is 16.1. The van der Waals surface area contributed by atoms with Gasteiger partial charge >= 0.3 is 6.18 Å². The molecule has 7 heteroatoms. The highest BCUT2D eigenvalue weighted by atomic mass is 19.4. The molecule has 29 heavy (non-hydrogen) atoms. The summed E-state index contributed by atoms with van der Waals surface area (Å²) in [5.74, 6) is -0.984. The average molecular weight is 412 g/mol. The number of carbonyl (C=O) groups is 1. The number of rotatable bonds is 10. The van der Waals surface area contributed by atoms with Crippen molar-refractivity contribution in [2.24, 2.45) is 10.9 Å². The van der Waals surface area contributed by atoms with Gasteiger partial charge in [-0.25, -0.2) is 4.39 Å². The van der Waals surface area contributed by atoms with E-state index in [4.69, 9.17) is 0 Å². The molecule has 0 fully saturated rings. The Morgan fingerprint density at radius 3 is 2.62 bits per heavy atom. The zero-order valence-corrected chi connectivity index (χ0v) is 17.0. The lowest BCUT2D eigenvalue weighted by atomic mass is 9.98. The molecule has 0 unspecified atom stereocenters. The third-order valence-corrected chi connectivity index (χ3v) is 4.29. The van der Waals surface area contributed by atoms with Crippen molar-refractivity contribution in [1.82, 2.24) is 5.32 Å². The first-order valence-electron chi connectivity index (χ1n) is 9.61. The van der Waals surface area contributed by atoms with E-state index in [1.54, 1.807) is 32.1 Å². The molecule has 0 aliphatic heterocycles. The topological polar surface area (TPSA) is 41.5 Å². The van der Waals surface area contributed by atoms with Gasteiger partial charge in [-0.3, -0.25) is 9.79 Å². The van der Waals surface area contributed by atoms with Crippen LogP contribution in [0.5, 0.6) is 0 Å². The van der Waals surface area contributed by atoms with Crippen molar-refractivity contribution in [1.29, 1.82) is 0 Å². The third-order valence-electron chi connectivity index (χ3n) is 4.29. The minimum atomic E-state index is -4.22. The predicted molar refractivity (Wildman–Crippen MR) is 108 cm³/mol. The van der Waals surface area contributed by atoms with E-state index >= 15 is 0 Å². The highest BCUT2D eigenvalue weighted by molar-refractivity contribution is 5.81. The number of nitrogens with zero attached hydrogens (tertiary/aromatic N) is 1. The lowest BCUT2D eigenvalue weighted by Crippen LogP contribution is -2.31. The van der Waals surface area contributed by atoms with Gasteiger partial charge < -0.3 is 5.32 Å². The second kappa shape index (κ2) is 12.2. The molecule has 1 aromatic carbocycles. The van der Waals surface area contributed by atoms with Crippen LogP contribution in [0.4, 0.5) is 17.6 Å². The molecule has 1 rings (SSSR count). The van der Waals surface area contributed by atoms with Crippen LogP contribution in [0.1, 0.15) is 44.7 Å². The number of aryl methyl sites for hydroxylation is 1. The molecule has 0 saturated carbocycles. The van der Waals surface area contributed by atoms with Gasteiger partial charge in [0.25, 0.3) is 0 Å². The summed E-state index contributed by atoms with van der Waals surface area (Å²) in [6.07, 6.45) is 1.72. The first-order chi connectivity index (χ1) is 13.7. The van der Waals surface area contributed by atoms with Crippen LogP contribution >= 0.6 is 0 Å². The van der Waals surface area contributed by atoms with Crippen molar-refractivity contribution in [2.45, 2.75) is 52.6 Å². The molecule has 0 heterocycles. The fraction of sp³-hybridized carbons (Fsp3) is 0.455. The maximum absolute atomic E-state index is 14.1. The first-order valence-corrected chi connectivity index (χ1v) is 9.61. The molecule has 0 saturated heterocycles. The fourth-order valence-electron chi connectivity index (χ4n) is 2.61. The summed E-state index contributed by atoms with van der Waals surface area (Å²) >= 11 is 0. The van der Waals surface area contributed by atoms with Crippen LogP contribution in [0.15, 0.2) is 47.1 Å². The molecule has 1 aromatic rings. The number of nitrogens with one attached hydrogen (secondary N) is 1. The van der Waals surface area contributed by atoms with Crippen LogP contribution in [0.3, 0.4) is 0 Å². The van der Waals surface area contributed by atoms with Gasteiger partial charge in [0.05, 0.1) is 6.54 Å². The SMILES string of the molecule is C/C=C\C(=C/N=CCNC(=O)[C@@H](C)Cc1ccc(CC)cc1F)CCC(F)(F)F. The molecule has 0 spiro atoms. The van der Waals surface area contributed by atoms with E-state index in [2.05, 4.69) is 10.3 Å². The van der Waals surface area contributed by atoms with Gasteiger partial charge in [0.1, 0.15) is 5.82 Å². The number of halogens is 4. The number of alkyl halides is 3. The van der Waals surface area contributed by atoms with Gasteiger partial charge in [-0.2, -0.15) is 13.2 Å². The van der Waals surface area contributed by atoms with E-state index in [1.165, 1.54) is 18.5 Å². The first kappa shape index (κ1) is 24.6. The summed E-state index contributed by atoms with van der Waals surface area (Å²) in [6.45, 7) is 5.50. The monoisotopic (exact) mass is 412 g/mol. The van der Waals surface area contributed by atoms with E-state index < -0.39 is 18.5 Å². The summed E-state index contributed by atoms with van der Waals surface area (Å²) in [7, 11) is 0. The minimum absolute atomic E-state index is 0.138. The van der Waals surface area contributed by atoms with E-state index in [0.717, 1.165) is 12.0 Å². The molecular weight excluding hydrogens is 384 g/mol. The Morgan fingerprint density at radius 2 is 2.03 bits per heavy atom. The van der Waals surface area contributed by atoms with Crippen molar-refractivity contribution in [3.63, 3.8) is 0 Å². The van der Waals surface area contributed by atoms with Crippen LogP contribution < -0.4 is 5.32 Å². The quantitative estimate of drug-likeness (QED) is 0.305. The van der Waals surface area contributed by atoms with E-state index in [9.17, 15) is 22.4 Å². The Hall–Kier alpha value is -2.44. The average Bonchev–Trinajstić information content (AvgIpc) is 2.66. The molecule has 3 nitrogen and oxygen atoms in total. The minimum Gasteiger partial charge on any atom is -0.351 e. The van der Waals surface area contributed by atoms with Crippen LogP contribution in [0.25, 0.3) is 0 Å². The van der Waals surface area contributed by atoms with Gasteiger partial charge in [-0.1, -0.05) is 38.1 Å². The van der Waals surface area contributed by atoms with Crippen molar-refractivity contribution < 1.29 is 22.4 Å². The molecule has 1 amide bonds. The zero-order chi connectivity index (χ0) is 21.9. The lowest BCUT2D eigenvalue weighted by molar-refractivity contribution is -0.133.